The van der Waals surface area contributed by atoms with Crippen molar-refractivity contribution >= 4 is 22.9 Å². The smallest absolute Gasteiger partial charge is 0.242 e. The quantitative estimate of drug-likeness (QED) is 0.736. The summed E-state index contributed by atoms with van der Waals surface area (Å²) in [6.07, 6.45) is 3.70. The van der Waals surface area contributed by atoms with Crippen molar-refractivity contribution in [3.63, 3.8) is 0 Å². The van der Waals surface area contributed by atoms with Crippen LogP contribution in [0.3, 0.4) is 0 Å². The Balaban J connectivity index is 2.19. The fraction of sp³-hybridized carbons (Fsp3) is 0.455. The van der Waals surface area contributed by atoms with Gasteiger partial charge in [0.25, 0.3) is 0 Å². The minimum atomic E-state index is -0.553. The van der Waals surface area contributed by atoms with Crippen LogP contribution < -0.4 is 11.1 Å². The molecule has 7 heteroatoms. The Labute approximate surface area is 104 Å². The summed E-state index contributed by atoms with van der Waals surface area (Å²) in [5.41, 5.74) is 6.97. The van der Waals surface area contributed by atoms with E-state index in [0.717, 1.165) is 6.42 Å². The molecule has 0 saturated heterocycles. The van der Waals surface area contributed by atoms with E-state index < -0.39 is 6.04 Å². The summed E-state index contributed by atoms with van der Waals surface area (Å²) in [6, 6.07) is -0.553. The van der Waals surface area contributed by atoms with Crippen molar-refractivity contribution in [2.45, 2.75) is 26.3 Å². The molecule has 0 aliphatic carbocycles. The topological polar surface area (TPSA) is 110 Å². The Bertz CT molecular complexity index is 551. The second-order valence-corrected chi connectivity index (χ2v) is 4.22. The maximum absolute atomic E-state index is 11.9. The first kappa shape index (κ1) is 12.4. The number of hydrogen-bond acceptors (Lipinski definition) is 5. The van der Waals surface area contributed by atoms with E-state index in [1.807, 2.05) is 13.8 Å². The number of nitrogens with two attached hydrogens (primary N) is 1. The number of H-pyrrole nitrogens is 1. The molecule has 2 unspecified atom stereocenters. The number of nitrogens with zero attached hydrogens (tertiary/aromatic N) is 3. The summed E-state index contributed by atoms with van der Waals surface area (Å²) < 4.78 is 0. The standard InChI is InChI=1S/C11H16N6O/c1-3-6(2)7(12)11(18)17-10-8-9(14-4-13-8)15-5-16-10/h4-7H,3,12H2,1-2H3,(H2,13,14,15,16,17,18). The van der Waals surface area contributed by atoms with Crippen LogP contribution in [-0.2, 0) is 4.79 Å². The molecule has 4 N–H and O–H groups in total. The number of carbonyl (C=O) groups is 1. The monoisotopic (exact) mass is 248 g/mol. The van der Waals surface area contributed by atoms with E-state index in [-0.39, 0.29) is 11.8 Å². The van der Waals surface area contributed by atoms with E-state index >= 15 is 0 Å². The molecule has 2 atom stereocenters. The first-order chi connectivity index (χ1) is 8.63. The van der Waals surface area contributed by atoms with Gasteiger partial charge in [0.1, 0.15) is 11.8 Å². The predicted octanol–water partition coefficient (Wildman–Crippen LogP) is 0.665. The van der Waals surface area contributed by atoms with E-state index in [0.29, 0.717) is 17.0 Å². The van der Waals surface area contributed by atoms with Crippen LogP contribution in [0, 0.1) is 5.92 Å². The zero-order valence-electron chi connectivity index (χ0n) is 10.3. The third-order valence-electron chi connectivity index (χ3n) is 3.02. The van der Waals surface area contributed by atoms with Crippen LogP contribution >= 0.6 is 0 Å². The summed E-state index contributed by atoms with van der Waals surface area (Å²) >= 11 is 0. The minimum absolute atomic E-state index is 0.115. The molecule has 1 amide bonds. The molecule has 2 aromatic rings. The third kappa shape index (κ3) is 2.30. The molecular formula is C11H16N6O. The zero-order valence-corrected chi connectivity index (χ0v) is 10.3. The van der Waals surface area contributed by atoms with Crippen molar-refractivity contribution in [3.8, 4) is 0 Å². The van der Waals surface area contributed by atoms with Crippen LogP contribution in [0.2, 0.25) is 0 Å². The highest BCUT2D eigenvalue weighted by Crippen LogP contribution is 2.15. The number of fused-ring (bicyclic) bond motifs is 1. The zero-order chi connectivity index (χ0) is 13.1. The number of nitrogens with one attached hydrogen (secondary N) is 2. The Kier molecular flexibility index (Phi) is 3.52. The molecule has 0 aliphatic heterocycles. The number of amides is 1. The average Bonchev–Trinajstić information content (AvgIpc) is 2.86. The molecule has 0 bridgehead atoms. The number of aromatic amines is 1. The first-order valence-corrected chi connectivity index (χ1v) is 5.84. The molecule has 0 fully saturated rings. The van der Waals surface area contributed by atoms with Gasteiger partial charge in [-0.05, 0) is 5.92 Å². The van der Waals surface area contributed by atoms with Crippen LogP contribution in [0.5, 0.6) is 0 Å². The molecule has 0 spiro atoms. The van der Waals surface area contributed by atoms with E-state index in [1.54, 1.807) is 0 Å². The second-order valence-electron chi connectivity index (χ2n) is 4.22. The summed E-state index contributed by atoms with van der Waals surface area (Å²) in [5, 5.41) is 2.70. The van der Waals surface area contributed by atoms with E-state index in [2.05, 4.69) is 25.3 Å². The minimum Gasteiger partial charge on any atom is -0.340 e. The van der Waals surface area contributed by atoms with Gasteiger partial charge in [-0.3, -0.25) is 4.79 Å². The highest BCUT2D eigenvalue weighted by atomic mass is 16.2. The van der Waals surface area contributed by atoms with Crippen LogP contribution in [0.15, 0.2) is 12.7 Å². The van der Waals surface area contributed by atoms with Crippen LogP contribution in [0.25, 0.3) is 11.2 Å². The molecule has 2 rings (SSSR count). The van der Waals surface area contributed by atoms with Gasteiger partial charge in [0.2, 0.25) is 5.91 Å². The number of aromatic nitrogens is 4. The highest BCUT2D eigenvalue weighted by Gasteiger charge is 2.20. The van der Waals surface area contributed by atoms with Gasteiger partial charge in [-0.2, -0.15) is 0 Å². The lowest BCUT2D eigenvalue weighted by atomic mass is 9.99. The van der Waals surface area contributed by atoms with Crippen molar-refractivity contribution in [2.24, 2.45) is 11.7 Å². The lowest BCUT2D eigenvalue weighted by Gasteiger charge is -2.17. The van der Waals surface area contributed by atoms with Gasteiger partial charge in [-0.1, -0.05) is 20.3 Å². The maximum atomic E-state index is 11.9. The normalized spacial score (nSPS) is 14.4. The predicted molar refractivity (Wildman–Crippen MR) is 67.7 cm³/mol. The summed E-state index contributed by atoms with van der Waals surface area (Å²) in [4.78, 5) is 26.8. The molecule has 0 aliphatic rings. The fourth-order valence-electron chi connectivity index (χ4n) is 1.57. The lowest BCUT2D eigenvalue weighted by Crippen LogP contribution is -2.40. The van der Waals surface area contributed by atoms with E-state index in [1.165, 1.54) is 12.7 Å². The summed E-state index contributed by atoms with van der Waals surface area (Å²) in [7, 11) is 0. The maximum Gasteiger partial charge on any atom is 0.242 e. The van der Waals surface area contributed by atoms with Gasteiger partial charge in [0, 0.05) is 0 Å². The Hall–Kier alpha value is -2.02. The molecule has 2 aromatic heterocycles. The number of carbonyl (C=O) groups excluding carboxylic acids is 1. The third-order valence-corrected chi connectivity index (χ3v) is 3.02. The van der Waals surface area contributed by atoms with Crippen molar-refractivity contribution in [1.82, 2.24) is 19.9 Å². The second kappa shape index (κ2) is 5.09. The molecule has 0 aromatic carbocycles. The fourth-order valence-corrected chi connectivity index (χ4v) is 1.57. The number of anilines is 1. The highest BCUT2D eigenvalue weighted by molar-refractivity contribution is 5.99. The van der Waals surface area contributed by atoms with Crippen molar-refractivity contribution in [1.29, 1.82) is 0 Å². The lowest BCUT2D eigenvalue weighted by molar-refractivity contribution is -0.118. The van der Waals surface area contributed by atoms with Crippen molar-refractivity contribution < 1.29 is 4.79 Å². The molecule has 18 heavy (non-hydrogen) atoms. The Morgan fingerprint density at radius 3 is 3.00 bits per heavy atom. The first-order valence-electron chi connectivity index (χ1n) is 5.84. The molecular weight excluding hydrogens is 232 g/mol. The van der Waals surface area contributed by atoms with Crippen LogP contribution in [0.1, 0.15) is 20.3 Å². The van der Waals surface area contributed by atoms with Gasteiger partial charge in [0.15, 0.2) is 11.5 Å². The van der Waals surface area contributed by atoms with Gasteiger partial charge < -0.3 is 16.0 Å². The Morgan fingerprint density at radius 2 is 2.28 bits per heavy atom. The summed E-state index contributed by atoms with van der Waals surface area (Å²) in [5.74, 6) is 0.268. The van der Waals surface area contributed by atoms with E-state index in [9.17, 15) is 4.79 Å². The van der Waals surface area contributed by atoms with E-state index in [4.69, 9.17) is 5.73 Å². The molecule has 0 saturated carbocycles. The number of imidazole rings is 1. The van der Waals surface area contributed by atoms with Crippen LogP contribution in [-0.4, -0.2) is 31.9 Å². The molecule has 96 valence electrons. The van der Waals surface area contributed by atoms with Crippen molar-refractivity contribution in [3.05, 3.63) is 12.7 Å². The van der Waals surface area contributed by atoms with Crippen LogP contribution in [0.4, 0.5) is 5.82 Å². The average molecular weight is 248 g/mol. The van der Waals surface area contributed by atoms with Gasteiger partial charge in [0.05, 0.1) is 12.4 Å². The number of rotatable bonds is 4. The number of hydrogen-bond donors (Lipinski definition) is 3. The Morgan fingerprint density at radius 1 is 1.50 bits per heavy atom. The summed E-state index contributed by atoms with van der Waals surface area (Å²) in [6.45, 7) is 3.94. The molecule has 0 radical (unpaired) electrons. The largest absolute Gasteiger partial charge is 0.340 e. The van der Waals surface area contributed by atoms with Gasteiger partial charge in [-0.25, -0.2) is 15.0 Å². The SMILES string of the molecule is CCC(C)C(N)C(=O)Nc1ncnc2nc[nH]c12. The van der Waals surface area contributed by atoms with Gasteiger partial charge in [-0.15, -0.1) is 0 Å². The van der Waals surface area contributed by atoms with Crippen molar-refractivity contribution in [2.75, 3.05) is 5.32 Å². The van der Waals surface area contributed by atoms with Gasteiger partial charge >= 0.3 is 0 Å². The molecule has 7 nitrogen and oxygen atoms in total. The molecule has 2 heterocycles.